The van der Waals surface area contributed by atoms with Gasteiger partial charge in [0.15, 0.2) is 6.10 Å². The number of carbonyl (C=O) groups excluding carboxylic acids is 1. The highest BCUT2D eigenvalue weighted by atomic mass is 19.1. The van der Waals surface area contributed by atoms with E-state index >= 15 is 0 Å². The van der Waals surface area contributed by atoms with E-state index in [4.69, 9.17) is 5.73 Å². The van der Waals surface area contributed by atoms with E-state index in [-0.39, 0.29) is 5.56 Å². The van der Waals surface area contributed by atoms with Crippen molar-refractivity contribution in [3.8, 4) is 11.1 Å². The van der Waals surface area contributed by atoms with Crippen molar-refractivity contribution in [3.05, 3.63) is 70.9 Å². The van der Waals surface area contributed by atoms with Crippen molar-refractivity contribution in [1.29, 1.82) is 0 Å². The summed E-state index contributed by atoms with van der Waals surface area (Å²) < 4.78 is 15.3. The number of fused-ring (bicyclic) bond motifs is 1. The fourth-order valence-electron chi connectivity index (χ4n) is 4.10. The first-order chi connectivity index (χ1) is 15.2. The standard InChI is InChI=1S/C24H24FN5O2/c1-12-8-17(29-24(32)21(31)15-6-5-7-16(25)10-15)9-13(2)19(12)18-11-30(4)23-20(18)22(26)27-14(3)28-23/h5-11,21,31H,1-4H3,(H,29,32)(H2,26,27,28). The van der Waals surface area contributed by atoms with Crippen molar-refractivity contribution < 1.29 is 14.3 Å². The van der Waals surface area contributed by atoms with Crippen molar-refractivity contribution in [2.45, 2.75) is 26.9 Å². The van der Waals surface area contributed by atoms with E-state index in [1.165, 1.54) is 18.2 Å². The number of nitrogens with two attached hydrogens (primary N) is 1. The van der Waals surface area contributed by atoms with Crippen LogP contribution in [0.1, 0.15) is 28.6 Å². The van der Waals surface area contributed by atoms with Crippen LogP contribution in [0.25, 0.3) is 22.2 Å². The van der Waals surface area contributed by atoms with Crippen LogP contribution in [0.15, 0.2) is 42.6 Å². The minimum Gasteiger partial charge on any atom is -0.383 e. The highest BCUT2D eigenvalue weighted by molar-refractivity contribution is 6.02. The Bertz CT molecular complexity index is 1340. The third kappa shape index (κ3) is 3.80. The fraction of sp³-hybridized carbons (Fsp3) is 0.208. The second kappa shape index (κ2) is 8.05. The molecule has 0 aliphatic heterocycles. The molecule has 1 atom stereocenters. The van der Waals surface area contributed by atoms with Crippen molar-refractivity contribution >= 4 is 28.4 Å². The molecule has 0 aliphatic carbocycles. The van der Waals surface area contributed by atoms with Gasteiger partial charge in [0.2, 0.25) is 0 Å². The number of hydrogen-bond donors (Lipinski definition) is 3. The average Bonchev–Trinajstić information content (AvgIpc) is 3.03. The topological polar surface area (TPSA) is 106 Å². The number of benzene rings is 2. The van der Waals surface area contributed by atoms with Gasteiger partial charge in [-0.3, -0.25) is 4.79 Å². The number of aryl methyl sites for hydroxylation is 4. The summed E-state index contributed by atoms with van der Waals surface area (Å²) in [7, 11) is 1.91. The molecule has 0 fully saturated rings. The van der Waals surface area contributed by atoms with Crippen LogP contribution in [0.3, 0.4) is 0 Å². The number of nitrogen functional groups attached to an aromatic ring is 1. The smallest absolute Gasteiger partial charge is 0.257 e. The minimum atomic E-state index is -1.48. The average molecular weight is 433 g/mol. The molecular weight excluding hydrogens is 409 g/mol. The van der Waals surface area contributed by atoms with Gasteiger partial charge < -0.3 is 20.7 Å². The number of nitrogens with zero attached hydrogens (tertiary/aromatic N) is 3. The monoisotopic (exact) mass is 433 g/mol. The van der Waals surface area contributed by atoms with Gasteiger partial charge in [0.05, 0.1) is 5.39 Å². The molecule has 164 valence electrons. The molecule has 2 aromatic heterocycles. The van der Waals surface area contributed by atoms with Crippen LogP contribution >= 0.6 is 0 Å². The van der Waals surface area contributed by atoms with E-state index in [0.29, 0.717) is 17.3 Å². The van der Waals surface area contributed by atoms with E-state index in [9.17, 15) is 14.3 Å². The predicted octanol–water partition coefficient (Wildman–Crippen LogP) is 3.95. The maximum Gasteiger partial charge on any atom is 0.257 e. The Morgan fingerprint density at radius 2 is 1.84 bits per heavy atom. The van der Waals surface area contributed by atoms with Gasteiger partial charge in [-0.2, -0.15) is 0 Å². The first-order valence-electron chi connectivity index (χ1n) is 10.1. The molecule has 1 unspecified atom stereocenters. The predicted molar refractivity (Wildman–Crippen MR) is 123 cm³/mol. The van der Waals surface area contributed by atoms with Crippen molar-refractivity contribution in [2.24, 2.45) is 7.05 Å². The molecule has 7 nitrogen and oxygen atoms in total. The quantitative estimate of drug-likeness (QED) is 0.452. The zero-order valence-electron chi connectivity index (χ0n) is 18.3. The van der Waals surface area contributed by atoms with Gasteiger partial charge in [0.1, 0.15) is 23.1 Å². The summed E-state index contributed by atoms with van der Waals surface area (Å²) in [6.45, 7) is 5.67. The first-order valence-corrected chi connectivity index (χ1v) is 10.1. The van der Waals surface area contributed by atoms with Crippen molar-refractivity contribution in [3.63, 3.8) is 0 Å². The van der Waals surface area contributed by atoms with E-state index in [0.717, 1.165) is 39.4 Å². The zero-order valence-corrected chi connectivity index (χ0v) is 18.3. The summed E-state index contributed by atoms with van der Waals surface area (Å²) in [5, 5.41) is 13.8. The molecule has 4 rings (SSSR count). The van der Waals surface area contributed by atoms with Gasteiger partial charge in [0.25, 0.3) is 5.91 Å². The van der Waals surface area contributed by atoms with Crippen molar-refractivity contribution in [1.82, 2.24) is 14.5 Å². The maximum atomic E-state index is 13.4. The molecule has 8 heteroatoms. The van der Waals surface area contributed by atoms with Crippen LogP contribution in [0, 0.1) is 26.6 Å². The van der Waals surface area contributed by atoms with Gasteiger partial charge in [-0.1, -0.05) is 12.1 Å². The molecule has 2 heterocycles. The zero-order chi connectivity index (χ0) is 23.2. The lowest BCUT2D eigenvalue weighted by Crippen LogP contribution is -2.21. The SMILES string of the molecule is Cc1nc(N)c2c(-c3c(C)cc(NC(=O)C(O)c4cccc(F)c4)cc3C)cn(C)c2n1. The Balaban J connectivity index is 1.69. The molecule has 0 saturated heterocycles. The van der Waals surface area contributed by atoms with Gasteiger partial charge in [0, 0.05) is 24.5 Å². The van der Waals surface area contributed by atoms with Crippen LogP contribution in [-0.2, 0) is 11.8 Å². The van der Waals surface area contributed by atoms with Crippen LogP contribution < -0.4 is 11.1 Å². The molecule has 4 aromatic rings. The normalized spacial score (nSPS) is 12.2. The molecule has 0 saturated carbocycles. The van der Waals surface area contributed by atoms with Gasteiger partial charge in [-0.15, -0.1) is 0 Å². The van der Waals surface area contributed by atoms with Gasteiger partial charge in [-0.05, 0) is 67.3 Å². The lowest BCUT2D eigenvalue weighted by Gasteiger charge is -2.16. The lowest BCUT2D eigenvalue weighted by atomic mass is 9.95. The number of rotatable bonds is 4. The van der Waals surface area contributed by atoms with Gasteiger partial charge in [-0.25, -0.2) is 14.4 Å². The lowest BCUT2D eigenvalue weighted by molar-refractivity contribution is -0.124. The summed E-state index contributed by atoms with van der Waals surface area (Å²) in [5.41, 5.74) is 11.4. The third-order valence-corrected chi connectivity index (χ3v) is 5.44. The number of hydrogen-bond acceptors (Lipinski definition) is 5. The van der Waals surface area contributed by atoms with Crippen LogP contribution in [0.5, 0.6) is 0 Å². The van der Waals surface area contributed by atoms with Crippen LogP contribution in [0.4, 0.5) is 15.9 Å². The Hall–Kier alpha value is -3.78. The number of halogens is 1. The van der Waals surface area contributed by atoms with E-state index in [1.54, 1.807) is 6.92 Å². The Morgan fingerprint density at radius 3 is 2.50 bits per heavy atom. The molecule has 1 amide bonds. The third-order valence-electron chi connectivity index (χ3n) is 5.44. The summed E-state index contributed by atoms with van der Waals surface area (Å²) >= 11 is 0. The summed E-state index contributed by atoms with van der Waals surface area (Å²) in [4.78, 5) is 21.4. The molecule has 0 bridgehead atoms. The summed E-state index contributed by atoms with van der Waals surface area (Å²) in [5.74, 6) is -0.136. The molecule has 32 heavy (non-hydrogen) atoms. The summed E-state index contributed by atoms with van der Waals surface area (Å²) in [6.07, 6.45) is 0.487. The molecule has 0 radical (unpaired) electrons. The molecule has 4 N–H and O–H groups in total. The van der Waals surface area contributed by atoms with E-state index < -0.39 is 17.8 Å². The largest absolute Gasteiger partial charge is 0.383 e. The van der Waals surface area contributed by atoms with E-state index in [1.807, 2.05) is 43.8 Å². The fourth-order valence-corrected chi connectivity index (χ4v) is 4.10. The highest BCUT2D eigenvalue weighted by Crippen LogP contribution is 2.37. The number of amides is 1. The van der Waals surface area contributed by atoms with Gasteiger partial charge >= 0.3 is 0 Å². The van der Waals surface area contributed by atoms with Crippen molar-refractivity contribution in [2.75, 3.05) is 11.1 Å². The van der Waals surface area contributed by atoms with Crippen LogP contribution in [-0.4, -0.2) is 25.5 Å². The Kier molecular flexibility index (Phi) is 5.40. The van der Waals surface area contributed by atoms with Crippen LogP contribution in [0.2, 0.25) is 0 Å². The maximum absolute atomic E-state index is 13.4. The summed E-state index contributed by atoms with van der Waals surface area (Å²) in [6, 6.07) is 8.99. The number of carbonyl (C=O) groups is 1. The molecule has 2 aromatic carbocycles. The number of aliphatic hydroxyl groups is 1. The second-order valence-corrected chi connectivity index (χ2v) is 7.94. The highest BCUT2D eigenvalue weighted by Gasteiger charge is 2.21. The number of aliphatic hydroxyl groups excluding tert-OH is 1. The Morgan fingerprint density at radius 1 is 1.16 bits per heavy atom. The second-order valence-electron chi connectivity index (χ2n) is 7.94. The number of anilines is 2. The Labute approximate surface area is 184 Å². The first kappa shape index (κ1) is 21.5. The minimum absolute atomic E-state index is 0.189. The molecule has 0 spiro atoms. The number of aromatic nitrogens is 3. The molecule has 0 aliphatic rings. The van der Waals surface area contributed by atoms with E-state index in [2.05, 4.69) is 15.3 Å². The molecular formula is C24H24FN5O2. The number of nitrogens with one attached hydrogen (secondary N) is 1.